The molecule has 0 radical (unpaired) electrons. The fourth-order valence-corrected chi connectivity index (χ4v) is 5.02. The molecular weight excluding hydrogens is 406 g/mol. The minimum absolute atomic E-state index is 0.0361. The number of hydrogen-bond donors (Lipinski definition) is 0. The molecule has 0 aromatic carbocycles. The Kier molecular flexibility index (Phi) is 6.01. The van der Waals surface area contributed by atoms with Crippen LogP contribution in [0.3, 0.4) is 0 Å². The summed E-state index contributed by atoms with van der Waals surface area (Å²) in [7, 11) is 0. The Morgan fingerprint density at radius 3 is 2.48 bits per heavy atom. The third-order valence-corrected chi connectivity index (χ3v) is 6.81. The van der Waals surface area contributed by atoms with Gasteiger partial charge >= 0.3 is 0 Å². The van der Waals surface area contributed by atoms with Crippen molar-refractivity contribution in [2.75, 3.05) is 26.2 Å². The molecular formula is C22H24ClN3O2S. The van der Waals surface area contributed by atoms with Gasteiger partial charge in [0.25, 0.3) is 11.8 Å². The van der Waals surface area contributed by atoms with E-state index in [4.69, 9.17) is 16.6 Å². The second-order valence-electron chi connectivity index (χ2n) is 7.57. The molecule has 2 amide bonds. The molecule has 4 rings (SSSR count). The van der Waals surface area contributed by atoms with Crippen molar-refractivity contribution in [3.63, 3.8) is 0 Å². The van der Waals surface area contributed by atoms with Crippen molar-refractivity contribution in [3.8, 4) is 0 Å². The Morgan fingerprint density at radius 2 is 1.83 bits per heavy atom. The molecule has 5 nitrogen and oxygen atoms in total. The van der Waals surface area contributed by atoms with Crippen LogP contribution in [0.2, 0.25) is 4.34 Å². The van der Waals surface area contributed by atoms with Crippen molar-refractivity contribution in [2.45, 2.75) is 32.1 Å². The maximum absolute atomic E-state index is 13.1. The maximum atomic E-state index is 13.1. The molecule has 4 heterocycles. The van der Waals surface area contributed by atoms with Crippen LogP contribution in [0, 0.1) is 6.92 Å². The number of piperidine rings is 1. The van der Waals surface area contributed by atoms with Crippen molar-refractivity contribution in [3.05, 3.63) is 62.6 Å². The number of carbonyl (C=O) groups excluding carboxylic acids is 2. The van der Waals surface area contributed by atoms with Crippen LogP contribution in [0.4, 0.5) is 0 Å². The second-order valence-corrected chi connectivity index (χ2v) is 9.28. The Bertz CT molecular complexity index is 947. The van der Waals surface area contributed by atoms with Crippen LogP contribution < -0.4 is 0 Å². The van der Waals surface area contributed by atoms with E-state index in [9.17, 15) is 9.59 Å². The highest BCUT2D eigenvalue weighted by atomic mass is 35.5. The molecule has 29 heavy (non-hydrogen) atoms. The van der Waals surface area contributed by atoms with E-state index >= 15 is 0 Å². The molecule has 0 atom stereocenters. The van der Waals surface area contributed by atoms with Crippen molar-refractivity contribution in [1.29, 1.82) is 0 Å². The number of rotatable bonds is 3. The highest BCUT2D eigenvalue weighted by Gasteiger charge is 2.30. The van der Waals surface area contributed by atoms with Gasteiger partial charge in [0.1, 0.15) is 0 Å². The Balaban J connectivity index is 1.49. The highest BCUT2D eigenvalue weighted by Crippen LogP contribution is 2.32. The fraction of sp³-hybridized carbons (Fsp3) is 0.409. The predicted molar refractivity (Wildman–Crippen MR) is 116 cm³/mol. The van der Waals surface area contributed by atoms with Gasteiger partial charge in [-0.15, -0.1) is 11.3 Å². The minimum atomic E-state index is 0.0361. The van der Waals surface area contributed by atoms with Crippen LogP contribution in [0.15, 0.2) is 36.4 Å². The SMILES string of the molecule is Cc1ccc(C(=O)N2CC=CCC2)c(C2CCN(C(=O)c3ccc(Cl)s3)CC2)n1. The lowest BCUT2D eigenvalue weighted by Crippen LogP contribution is -2.39. The van der Waals surface area contributed by atoms with E-state index in [-0.39, 0.29) is 17.7 Å². The summed E-state index contributed by atoms with van der Waals surface area (Å²) < 4.78 is 0.628. The van der Waals surface area contributed by atoms with E-state index in [1.165, 1.54) is 11.3 Å². The Labute approximate surface area is 180 Å². The summed E-state index contributed by atoms with van der Waals surface area (Å²) in [5, 5.41) is 0. The van der Waals surface area contributed by atoms with Gasteiger partial charge in [0.05, 0.1) is 20.5 Å². The topological polar surface area (TPSA) is 53.5 Å². The molecule has 2 aromatic rings. The number of likely N-dealkylation sites (tertiary alicyclic amines) is 1. The van der Waals surface area contributed by atoms with E-state index in [0.717, 1.165) is 37.2 Å². The summed E-state index contributed by atoms with van der Waals surface area (Å²) >= 11 is 7.29. The first-order valence-electron chi connectivity index (χ1n) is 9.99. The van der Waals surface area contributed by atoms with E-state index in [0.29, 0.717) is 34.4 Å². The summed E-state index contributed by atoms with van der Waals surface area (Å²) in [6.45, 7) is 4.69. The standard InChI is InChI=1S/C22H24ClN3O2S/c1-15-5-6-17(21(27)25-11-3-2-4-12-25)20(24-15)16-9-13-26(14-10-16)22(28)18-7-8-19(23)29-18/h2-3,5-8,16H,4,9-14H2,1H3. The van der Waals surface area contributed by atoms with Crippen molar-refractivity contribution in [2.24, 2.45) is 0 Å². The Morgan fingerprint density at radius 1 is 1.03 bits per heavy atom. The number of aryl methyl sites for hydroxylation is 1. The normalized spacial score (nSPS) is 17.6. The smallest absolute Gasteiger partial charge is 0.263 e. The van der Waals surface area contributed by atoms with Crippen LogP contribution in [0.5, 0.6) is 0 Å². The number of amides is 2. The number of hydrogen-bond acceptors (Lipinski definition) is 4. The number of halogens is 1. The molecule has 0 bridgehead atoms. The second kappa shape index (κ2) is 8.67. The van der Waals surface area contributed by atoms with E-state index < -0.39 is 0 Å². The molecule has 2 aliphatic rings. The zero-order valence-electron chi connectivity index (χ0n) is 16.4. The lowest BCUT2D eigenvalue weighted by molar-refractivity contribution is 0.0710. The van der Waals surface area contributed by atoms with E-state index in [2.05, 4.69) is 6.08 Å². The van der Waals surface area contributed by atoms with Crippen LogP contribution in [0.1, 0.15) is 56.6 Å². The third kappa shape index (κ3) is 4.38. The van der Waals surface area contributed by atoms with Gasteiger partial charge in [-0.2, -0.15) is 0 Å². The molecule has 2 aromatic heterocycles. The number of aromatic nitrogens is 1. The quantitative estimate of drug-likeness (QED) is 0.673. The summed E-state index contributed by atoms with van der Waals surface area (Å²) in [5.41, 5.74) is 2.51. The van der Waals surface area contributed by atoms with Crippen LogP contribution in [-0.4, -0.2) is 52.8 Å². The van der Waals surface area contributed by atoms with Crippen molar-refractivity contribution < 1.29 is 9.59 Å². The monoisotopic (exact) mass is 429 g/mol. The summed E-state index contributed by atoms with van der Waals surface area (Å²) in [6, 6.07) is 7.38. The number of carbonyl (C=O) groups is 2. The molecule has 0 unspecified atom stereocenters. The molecule has 0 spiro atoms. The average molecular weight is 430 g/mol. The van der Waals surface area contributed by atoms with Crippen LogP contribution in [-0.2, 0) is 0 Å². The van der Waals surface area contributed by atoms with E-state index in [1.807, 2.05) is 34.9 Å². The van der Waals surface area contributed by atoms with Gasteiger partial charge in [0.2, 0.25) is 0 Å². The molecule has 7 heteroatoms. The third-order valence-electron chi connectivity index (χ3n) is 5.59. The lowest BCUT2D eigenvalue weighted by atomic mass is 9.89. The lowest BCUT2D eigenvalue weighted by Gasteiger charge is -2.33. The first-order valence-corrected chi connectivity index (χ1v) is 11.2. The van der Waals surface area contributed by atoms with Gasteiger partial charge in [0, 0.05) is 37.8 Å². The number of thiophene rings is 1. The summed E-state index contributed by atoms with van der Waals surface area (Å²) in [5.74, 6) is 0.280. The van der Waals surface area contributed by atoms with Gasteiger partial charge in [-0.25, -0.2) is 0 Å². The first kappa shape index (κ1) is 20.1. The van der Waals surface area contributed by atoms with Crippen molar-refractivity contribution >= 4 is 34.8 Å². The molecule has 0 aliphatic carbocycles. The molecule has 1 fully saturated rings. The molecule has 1 saturated heterocycles. The maximum Gasteiger partial charge on any atom is 0.263 e. The van der Waals surface area contributed by atoms with Crippen LogP contribution in [0.25, 0.3) is 0 Å². The van der Waals surface area contributed by atoms with Gasteiger partial charge in [-0.3, -0.25) is 14.6 Å². The fourth-order valence-electron chi connectivity index (χ4n) is 4.01. The molecule has 0 N–H and O–H groups in total. The average Bonchev–Trinajstić information content (AvgIpc) is 3.20. The van der Waals surface area contributed by atoms with E-state index in [1.54, 1.807) is 12.1 Å². The number of nitrogens with zero attached hydrogens (tertiary/aromatic N) is 3. The van der Waals surface area contributed by atoms with Gasteiger partial charge in [-0.05, 0) is 50.5 Å². The largest absolute Gasteiger partial charge is 0.338 e. The van der Waals surface area contributed by atoms with Gasteiger partial charge in [-0.1, -0.05) is 23.8 Å². The summed E-state index contributed by atoms with van der Waals surface area (Å²) in [6.07, 6.45) is 6.67. The first-order chi connectivity index (χ1) is 14.0. The molecule has 2 aliphatic heterocycles. The number of pyridine rings is 1. The zero-order valence-corrected chi connectivity index (χ0v) is 18.0. The minimum Gasteiger partial charge on any atom is -0.338 e. The summed E-state index contributed by atoms with van der Waals surface area (Å²) in [4.78, 5) is 35.0. The zero-order chi connectivity index (χ0) is 20.4. The highest BCUT2D eigenvalue weighted by molar-refractivity contribution is 7.17. The van der Waals surface area contributed by atoms with Crippen LogP contribution >= 0.6 is 22.9 Å². The molecule has 152 valence electrons. The Hall–Kier alpha value is -2.18. The predicted octanol–water partition coefficient (Wildman–Crippen LogP) is 4.53. The van der Waals surface area contributed by atoms with Gasteiger partial charge < -0.3 is 9.80 Å². The van der Waals surface area contributed by atoms with Crippen molar-refractivity contribution in [1.82, 2.24) is 14.8 Å². The van der Waals surface area contributed by atoms with Gasteiger partial charge in [0.15, 0.2) is 0 Å². The molecule has 0 saturated carbocycles.